The summed E-state index contributed by atoms with van der Waals surface area (Å²) >= 11 is 6.12. The largest absolute Gasteiger partial charge is 0.406 e. The van der Waals surface area contributed by atoms with Crippen molar-refractivity contribution in [2.45, 2.75) is 25.8 Å². The molecule has 0 unspecified atom stereocenters. The molecule has 3 heterocycles. The first kappa shape index (κ1) is 19.6. The Hall–Kier alpha value is -2.71. The molecule has 0 fully saturated rings. The Bertz CT molecular complexity index is 1160. The Morgan fingerprint density at radius 1 is 1.03 bits per heavy atom. The van der Waals surface area contributed by atoms with Crippen molar-refractivity contribution in [3.63, 3.8) is 0 Å². The fourth-order valence-corrected chi connectivity index (χ4v) is 3.77. The van der Waals surface area contributed by atoms with E-state index in [9.17, 15) is 13.2 Å². The SMILES string of the molecule is CN(Cc1ccncc1)Cc1ccc2c(c1)c1ncnc(Cl)c1n2CC(F)(F)F. The molecule has 0 spiro atoms. The molecule has 0 aliphatic carbocycles. The molecular formula is C20H17ClF3N5. The molecule has 0 saturated carbocycles. The van der Waals surface area contributed by atoms with Gasteiger partial charge in [-0.25, -0.2) is 9.97 Å². The van der Waals surface area contributed by atoms with Crippen LogP contribution in [0, 0.1) is 0 Å². The van der Waals surface area contributed by atoms with Gasteiger partial charge in [0.2, 0.25) is 0 Å². The molecule has 1 aromatic carbocycles. The number of pyridine rings is 1. The summed E-state index contributed by atoms with van der Waals surface area (Å²) in [6.07, 6.45) is 0.369. The number of hydrogen-bond acceptors (Lipinski definition) is 4. The van der Waals surface area contributed by atoms with Crippen LogP contribution in [0.2, 0.25) is 5.15 Å². The van der Waals surface area contributed by atoms with Crippen LogP contribution in [0.3, 0.4) is 0 Å². The lowest BCUT2D eigenvalue weighted by molar-refractivity contribution is -0.139. The predicted molar refractivity (Wildman–Crippen MR) is 106 cm³/mol. The van der Waals surface area contributed by atoms with E-state index in [0.29, 0.717) is 23.0 Å². The van der Waals surface area contributed by atoms with Gasteiger partial charge in [0.15, 0.2) is 5.15 Å². The van der Waals surface area contributed by atoms with Gasteiger partial charge in [-0.3, -0.25) is 9.88 Å². The van der Waals surface area contributed by atoms with E-state index in [4.69, 9.17) is 11.6 Å². The summed E-state index contributed by atoms with van der Waals surface area (Å²) in [5, 5.41) is 0.634. The molecule has 0 radical (unpaired) electrons. The highest BCUT2D eigenvalue weighted by Gasteiger charge is 2.30. The lowest BCUT2D eigenvalue weighted by Crippen LogP contribution is -2.18. The van der Waals surface area contributed by atoms with Crippen molar-refractivity contribution >= 4 is 33.5 Å². The minimum absolute atomic E-state index is 0.00630. The molecule has 0 atom stereocenters. The second kappa shape index (κ2) is 7.61. The molecule has 4 aromatic rings. The number of hydrogen-bond donors (Lipinski definition) is 0. The summed E-state index contributed by atoms with van der Waals surface area (Å²) in [5.41, 5.74) is 3.15. The maximum atomic E-state index is 13.1. The Morgan fingerprint density at radius 2 is 1.76 bits per heavy atom. The van der Waals surface area contributed by atoms with Crippen LogP contribution in [0.5, 0.6) is 0 Å². The summed E-state index contributed by atoms with van der Waals surface area (Å²) < 4.78 is 40.6. The van der Waals surface area contributed by atoms with Gasteiger partial charge in [-0.2, -0.15) is 13.2 Å². The third kappa shape index (κ3) is 4.18. The number of aromatic nitrogens is 4. The molecule has 3 aromatic heterocycles. The van der Waals surface area contributed by atoms with Crippen molar-refractivity contribution in [2.24, 2.45) is 0 Å². The maximum Gasteiger partial charge on any atom is 0.406 e. The van der Waals surface area contributed by atoms with Crippen LogP contribution in [-0.4, -0.2) is 37.6 Å². The van der Waals surface area contributed by atoms with Gasteiger partial charge in [0.1, 0.15) is 23.9 Å². The van der Waals surface area contributed by atoms with E-state index in [2.05, 4.69) is 19.9 Å². The van der Waals surface area contributed by atoms with E-state index in [1.807, 2.05) is 31.3 Å². The molecule has 4 rings (SSSR count). The van der Waals surface area contributed by atoms with Gasteiger partial charge >= 0.3 is 6.18 Å². The molecule has 0 N–H and O–H groups in total. The van der Waals surface area contributed by atoms with Gasteiger partial charge < -0.3 is 4.57 Å². The van der Waals surface area contributed by atoms with E-state index in [1.165, 1.54) is 6.33 Å². The van der Waals surface area contributed by atoms with Gasteiger partial charge in [0.05, 0.1) is 5.52 Å². The van der Waals surface area contributed by atoms with Crippen molar-refractivity contribution in [3.8, 4) is 0 Å². The number of rotatable bonds is 5. The smallest absolute Gasteiger partial charge is 0.327 e. The normalized spacial score (nSPS) is 12.3. The van der Waals surface area contributed by atoms with Crippen LogP contribution < -0.4 is 0 Å². The van der Waals surface area contributed by atoms with Crippen LogP contribution >= 0.6 is 11.6 Å². The van der Waals surface area contributed by atoms with E-state index in [1.54, 1.807) is 18.5 Å². The third-order valence-electron chi connectivity index (χ3n) is 4.65. The van der Waals surface area contributed by atoms with Crippen molar-refractivity contribution < 1.29 is 13.2 Å². The van der Waals surface area contributed by atoms with Crippen LogP contribution in [0.15, 0.2) is 49.1 Å². The Labute approximate surface area is 169 Å². The van der Waals surface area contributed by atoms with Crippen molar-refractivity contribution in [2.75, 3.05) is 7.05 Å². The quantitative estimate of drug-likeness (QED) is 0.435. The first-order valence-electron chi connectivity index (χ1n) is 8.87. The predicted octanol–water partition coefficient (Wildman–Crippen LogP) is 4.83. The van der Waals surface area contributed by atoms with Gasteiger partial charge in [-0.05, 0) is 42.4 Å². The minimum atomic E-state index is -4.39. The Morgan fingerprint density at radius 3 is 2.48 bits per heavy atom. The highest BCUT2D eigenvalue weighted by molar-refractivity contribution is 6.34. The molecule has 0 amide bonds. The molecule has 9 heteroatoms. The first-order valence-corrected chi connectivity index (χ1v) is 9.25. The Balaban J connectivity index is 1.72. The topological polar surface area (TPSA) is 46.8 Å². The van der Waals surface area contributed by atoms with Gasteiger partial charge in [-0.15, -0.1) is 0 Å². The molecule has 150 valence electrons. The zero-order chi connectivity index (χ0) is 20.6. The molecular weight excluding hydrogens is 403 g/mol. The van der Waals surface area contributed by atoms with Gasteiger partial charge in [-0.1, -0.05) is 17.7 Å². The fourth-order valence-electron chi connectivity index (χ4n) is 3.53. The summed E-state index contributed by atoms with van der Waals surface area (Å²) in [6, 6.07) is 9.29. The number of fused-ring (bicyclic) bond motifs is 3. The van der Waals surface area contributed by atoms with Crippen LogP contribution in [-0.2, 0) is 19.6 Å². The molecule has 0 bridgehead atoms. The van der Waals surface area contributed by atoms with Gasteiger partial charge in [0.25, 0.3) is 0 Å². The second-order valence-electron chi connectivity index (χ2n) is 6.94. The van der Waals surface area contributed by atoms with Crippen LogP contribution in [0.4, 0.5) is 13.2 Å². The summed E-state index contributed by atoms with van der Waals surface area (Å²) in [7, 11) is 1.98. The Kier molecular flexibility index (Phi) is 5.14. The van der Waals surface area contributed by atoms with Crippen molar-refractivity contribution in [3.05, 3.63) is 65.3 Å². The first-order chi connectivity index (χ1) is 13.8. The number of benzene rings is 1. The number of halogens is 4. The molecule has 29 heavy (non-hydrogen) atoms. The van der Waals surface area contributed by atoms with E-state index in [-0.39, 0.29) is 10.7 Å². The van der Waals surface area contributed by atoms with E-state index < -0.39 is 12.7 Å². The summed E-state index contributed by atoms with van der Waals surface area (Å²) in [5.74, 6) is 0. The maximum absolute atomic E-state index is 13.1. The summed E-state index contributed by atoms with van der Waals surface area (Å²) in [4.78, 5) is 14.2. The zero-order valence-corrected chi connectivity index (χ0v) is 16.2. The zero-order valence-electron chi connectivity index (χ0n) is 15.5. The standard InChI is InChI=1S/C20H17ClF3N5/c1-28(9-13-4-6-25-7-5-13)10-14-2-3-16-15(8-14)17-18(19(21)27-12-26-17)29(16)11-20(22,23)24/h2-8,12H,9-11H2,1H3. The average molecular weight is 420 g/mol. The lowest BCUT2D eigenvalue weighted by atomic mass is 10.1. The number of nitrogens with zero attached hydrogens (tertiary/aromatic N) is 5. The third-order valence-corrected chi connectivity index (χ3v) is 4.92. The molecule has 5 nitrogen and oxygen atoms in total. The van der Waals surface area contributed by atoms with Crippen molar-refractivity contribution in [1.82, 2.24) is 24.4 Å². The second-order valence-corrected chi connectivity index (χ2v) is 7.30. The van der Waals surface area contributed by atoms with Crippen molar-refractivity contribution in [1.29, 1.82) is 0 Å². The average Bonchev–Trinajstić information content (AvgIpc) is 2.95. The number of alkyl halides is 3. The molecule has 0 saturated heterocycles. The molecule has 0 aliphatic rings. The fraction of sp³-hybridized carbons (Fsp3) is 0.250. The highest BCUT2D eigenvalue weighted by Crippen LogP contribution is 2.34. The minimum Gasteiger partial charge on any atom is -0.327 e. The highest BCUT2D eigenvalue weighted by atomic mass is 35.5. The monoisotopic (exact) mass is 419 g/mol. The lowest BCUT2D eigenvalue weighted by Gasteiger charge is -2.17. The van der Waals surface area contributed by atoms with Crippen LogP contribution in [0.25, 0.3) is 21.9 Å². The molecule has 0 aliphatic heterocycles. The van der Waals surface area contributed by atoms with Gasteiger partial charge in [0, 0.05) is 30.9 Å². The van der Waals surface area contributed by atoms with Crippen LogP contribution in [0.1, 0.15) is 11.1 Å². The summed E-state index contributed by atoms with van der Waals surface area (Å²) in [6.45, 7) is 0.203. The van der Waals surface area contributed by atoms with E-state index >= 15 is 0 Å². The van der Waals surface area contributed by atoms with E-state index in [0.717, 1.165) is 22.2 Å².